The number of likely N-dealkylation sites (tertiary alicyclic amines) is 1. The van der Waals surface area contributed by atoms with Crippen molar-refractivity contribution < 1.29 is 4.42 Å². The molecule has 1 fully saturated rings. The summed E-state index contributed by atoms with van der Waals surface area (Å²) < 4.78 is 5.33. The Balaban J connectivity index is 1.72. The van der Waals surface area contributed by atoms with Crippen molar-refractivity contribution in [2.45, 2.75) is 51.7 Å². The van der Waals surface area contributed by atoms with Gasteiger partial charge in [0.15, 0.2) is 0 Å². The zero-order chi connectivity index (χ0) is 12.3. The van der Waals surface area contributed by atoms with Crippen molar-refractivity contribution in [2.24, 2.45) is 0 Å². The maximum Gasteiger partial charge on any atom is 0.117 e. The normalized spacial score (nSPS) is 19.7. The van der Waals surface area contributed by atoms with Crippen LogP contribution in [0.15, 0.2) is 22.8 Å². The maximum absolute atomic E-state index is 5.33. The molecule has 3 heteroatoms. The van der Waals surface area contributed by atoms with E-state index in [0.717, 1.165) is 12.3 Å². The molecule has 0 aromatic carbocycles. The van der Waals surface area contributed by atoms with Crippen molar-refractivity contribution in [3.63, 3.8) is 0 Å². The summed E-state index contributed by atoms with van der Waals surface area (Å²) in [6, 6.07) is 4.61. The lowest BCUT2D eigenvalue weighted by molar-refractivity contribution is 0.0956. The van der Waals surface area contributed by atoms with Crippen molar-refractivity contribution in [3.8, 4) is 0 Å². The molecule has 0 bridgehead atoms. The lowest BCUT2D eigenvalue weighted by atomic mass is 9.98. The third-order valence-corrected chi connectivity index (χ3v) is 3.59. The molecule has 1 aliphatic heterocycles. The monoisotopic (exact) mass is 236 g/mol. The van der Waals surface area contributed by atoms with Crippen LogP contribution >= 0.6 is 0 Å². The first-order valence-corrected chi connectivity index (χ1v) is 6.56. The minimum absolute atomic E-state index is 0.311. The molecular weight excluding hydrogens is 212 g/mol. The van der Waals surface area contributed by atoms with Crippen LogP contribution in [0, 0.1) is 0 Å². The van der Waals surface area contributed by atoms with Crippen molar-refractivity contribution in [1.29, 1.82) is 0 Å². The lowest BCUT2D eigenvalue weighted by Gasteiger charge is -2.41. The Morgan fingerprint density at radius 1 is 1.35 bits per heavy atom. The van der Waals surface area contributed by atoms with Gasteiger partial charge in [0, 0.05) is 24.7 Å². The summed E-state index contributed by atoms with van der Waals surface area (Å²) in [5.41, 5.74) is 0.311. The zero-order valence-electron chi connectivity index (χ0n) is 11.2. The third kappa shape index (κ3) is 3.58. The number of nitrogens with zero attached hydrogens (tertiary/aromatic N) is 1. The van der Waals surface area contributed by atoms with Gasteiger partial charge in [-0.3, -0.25) is 4.90 Å². The van der Waals surface area contributed by atoms with Gasteiger partial charge in [-0.1, -0.05) is 0 Å². The first kappa shape index (κ1) is 12.7. The predicted molar refractivity (Wildman–Crippen MR) is 69.9 cm³/mol. The average molecular weight is 236 g/mol. The summed E-state index contributed by atoms with van der Waals surface area (Å²) in [6.45, 7) is 10.1. The molecule has 0 atom stereocenters. The van der Waals surface area contributed by atoms with Gasteiger partial charge in [-0.05, 0) is 45.7 Å². The van der Waals surface area contributed by atoms with E-state index in [4.69, 9.17) is 4.42 Å². The molecule has 0 unspecified atom stereocenters. The SMILES string of the molecule is CC(C)(C)N1CCC(NCc2ccco2)CC1. The molecule has 1 saturated heterocycles. The number of nitrogens with one attached hydrogen (secondary N) is 1. The second-order valence-electron chi connectivity index (χ2n) is 5.89. The van der Waals surface area contributed by atoms with Crippen LogP contribution in [-0.4, -0.2) is 29.6 Å². The topological polar surface area (TPSA) is 28.4 Å². The number of hydrogen-bond acceptors (Lipinski definition) is 3. The Morgan fingerprint density at radius 3 is 2.59 bits per heavy atom. The van der Waals surface area contributed by atoms with Crippen LogP contribution < -0.4 is 5.32 Å². The van der Waals surface area contributed by atoms with Gasteiger partial charge >= 0.3 is 0 Å². The van der Waals surface area contributed by atoms with E-state index in [-0.39, 0.29) is 0 Å². The fraction of sp³-hybridized carbons (Fsp3) is 0.714. The van der Waals surface area contributed by atoms with E-state index < -0.39 is 0 Å². The molecule has 3 nitrogen and oxygen atoms in total. The molecule has 0 saturated carbocycles. The molecule has 0 radical (unpaired) electrons. The molecule has 96 valence electrons. The molecule has 0 aliphatic carbocycles. The minimum Gasteiger partial charge on any atom is -0.468 e. The first-order chi connectivity index (χ1) is 8.05. The Bertz CT molecular complexity index is 318. The Morgan fingerprint density at radius 2 is 2.06 bits per heavy atom. The predicted octanol–water partition coefficient (Wildman–Crippen LogP) is 2.63. The van der Waals surface area contributed by atoms with Gasteiger partial charge in [-0.25, -0.2) is 0 Å². The standard InChI is InChI=1S/C14H24N2O/c1-14(2,3)16-8-6-12(7-9-16)15-11-13-5-4-10-17-13/h4-5,10,12,15H,6-9,11H2,1-3H3. The second kappa shape index (κ2) is 5.23. The number of hydrogen-bond donors (Lipinski definition) is 1. The summed E-state index contributed by atoms with van der Waals surface area (Å²) in [5, 5.41) is 3.58. The van der Waals surface area contributed by atoms with Crippen LogP contribution in [0.5, 0.6) is 0 Å². The van der Waals surface area contributed by atoms with E-state index in [1.165, 1.54) is 25.9 Å². The van der Waals surface area contributed by atoms with Crippen molar-refractivity contribution in [2.75, 3.05) is 13.1 Å². The van der Waals surface area contributed by atoms with E-state index in [0.29, 0.717) is 11.6 Å². The number of furan rings is 1. The molecule has 0 spiro atoms. The minimum atomic E-state index is 0.311. The number of piperidine rings is 1. The lowest BCUT2D eigenvalue weighted by Crippen LogP contribution is -2.49. The van der Waals surface area contributed by atoms with Crippen molar-refractivity contribution >= 4 is 0 Å². The molecule has 2 rings (SSSR count). The molecule has 0 amide bonds. The fourth-order valence-corrected chi connectivity index (χ4v) is 2.41. The van der Waals surface area contributed by atoms with E-state index in [9.17, 15) is 0 Å². The molecule has 17 heavy (non-hydrogen) atoms. The van der Waals surface area contributed by atoms with Crippen LogP contribution in [0.2, 0.25) is 0 Å². The highest BCUT2D eigenvalue weighted by molar-refractivity contribution is 4.98. The van der Waals surface area contributed by atoms with Crippen LogP contribution in [-0.2, 0) is 6.54 Å². The van der Waals surface area contributed by atoms with Gasteiger partial charge in [-0.15, -0.1) is 0 Å². The molecule has 1 aliphatic rings. The summed E-state index contributed by atoms with van der Waals surface area (Å²) >= 11 is 0. The van der Waals surface area contributed by atoms with Crippen LogP contribution in [0.4, 0.5) is 0 Å². The van der Waals surface area contributed by atoms with Crippen LogP contribution in [0.25, 0.3) is 0 Å². The first-order valence-electron chi connectivity index (χ1n) is 6.56. The number of rotatable bonds is 3. The Hall–Kier alpha value is -0.800. The van der Waals surface area contributed by atoms with E-state index in [2.05, 4.69) is 31.0 Å². The van der Waals surface area contributed by atoms with Gasteiger partial charge in [0.25, 0.3) is 0 Å². The quantitative estimate of drug-likeness (QED) is 0.874. The third-order valence-electron chi connectivity index (χ3n) is 3.59. The highest BCUT2D eigenvalue weighted by atomic mass is 16.3. The summed E-state index contributed by atoms with van der Waals surface area (Å²) in [6.07, 6.45) is 4.20. The van der Waals surface area contributed by atoms with Crippen molar-refractivity contribution in [3.05, 3.63) is 24.2 Å². The van der Waals surface area contributed by atoms with Gasteiger partial charge in [0.2, 0.25) is 0 Å². The van der Waals surface area contributed by atoms with Crippen molar-refractivity contribution in [1.82, 2.24) is 10.2 Å². The molecule has 1 aromatic rings. The van der Waals surface area contributed by atoms with Crippen LogP contribution in [0.1, 0.15) is 39.4 Å². The van der Waals surface area contributed by atoms with Gasteiger partial charge in [0.1, 0.15) is 5.76 Å². The zero-order valence-corrected chi connectivity index (χ0v) is 11.2. The van der Waals surface area contributed by atoms with Crippen LogP contribution in [0.3, 0.4) is 0 Å². The summed E-state index contributed by atoms with van der Waals surface area (Å²) in [7, 11) is 0. The maximum atomic E-state index is 5.33. The Kier molecular flexibility index (Phi) is 3.89. The summed E-state index contributed by atoms with van der Waals surface area (Å²) in [4.78, 5) is 2.57. The summed E-state index contributed by atoms with van der Waals surface area (Å²) in [5.74, 6) is 1.03. The molecule has 1 aromatic heterocycles. The highest BCUT2D eigenvalue weighted by Gasteiger charge is 2.26. The average Bonchev–Trinajstić information content (AvgIpc) is 2.78. The largest absolute Gasteiger partial charge is 0.468 e. The van der Waals surface area contributed by atoms with Gasteiger partial charge in [0.05, 0.1) is 12.8 Å². The second-order valence-corrected chi connectivity index (χ2v) is 5.89. The Labute approximate surface area is 104 Å². The van der Waals surface area contributed by atoms with E-state index in [1.54, 1.807) is 6.26 Å². The molecule has 1 N–H and O–H groups in total. The van der Waals surface area contributed by atoms with E-state index in [1.807, 2.05) is 12.1 Å². The van der Waals surface area contributed by atoms with Gasteiger partial charge in [-0.2, -0.15) is 0 Å². The van der Waals surface area contributed by atoms with E-state index >= 15 is 0 Å². The molecular formula is C14H24N2O. The highest BCUT2D eigenvalue weighted by Crippen LogP contribution is 2.20. The fourth-order valence-electron chi connectivity index (χ4n) is 2.41. The van der Waals surface area contributed by atoms with Gasteiger partial charge < -0.3 is 9.73 Å². The smallest absolute Gasteiger partial charge is 0.117 e. The molecule has 2 heterocycles.